The molecule has 1 aromatic rings. The molecule has 4 nitrogen and oxygen atoms in total. The predicted octanol–water partition coefficient (Wildman–Crippen LogP) is 8.46. The van der Waals surface area contributed by atoms with Crippen LogP contribution < -0.4 is 0 Å². The van der Waals surface area contributed by atoms with E-state index in [9.17, 15) is 13.0 Å². The molecule has 0 radical (unpaired) electrons. The second-order valence-corrected chi connectivity index (χ2v) is 12.3. The first-order valence-corrected chi connectivity index (χ1v) is 16.9. The molecule has 0 spiro atoms. The molecule has 1 saturated heterocycles. The van der Waals surface area contributed by atoms with E-state index >= 15 is 0 Å². The van der Waals surface area contributed by atoms with Gasteiger partial charge in [0.05, 0.1) is 24.5 Å². The first-order chi connectivity index (χ1) is 17.4. The Morgan fingerprint density at radius 1 is 0.778 bits per heavy atom. The zero-order valence-electron chi connectivity index (χ0n) is 22.7. The van der Waals surface area contributed by atoms with Gasteiger partial charge in [-0.2, -0.15) is 0 Å². The lowest BCUT2D eigenvalue weighted by molar-refractivity contribution is -0.926. The first-order valence-electron chi connectivity index (χ1n) is 14.4. The molecule has 2 rings (SSSR count). The topological polar surface area (TPSA) is 57.2 Å². The Balaban J connectivity index is 0.000000537. The maximum Gasteiger partial charge on any atom is 0.141 e. The summed E-state index contributed by atoms with van der Waals surface area (Å²) in [5.41, 5.74) is 0. The van der Waals surface area contributed by atoms with Gasteiger partial charge in [0.15, 0.2) is 0 Å². The lowest BCUT2D eigenvalue weighted by atomic mass is 10.0. The highest BCUT2D eigenvalue weighted by Crippen LogP contribution is 2.20. The van der Waals surface area contributed by atoms with Crippen molar-refractivity contribution in [3.8, 4) is 9.85 Å². The van der Waals surface area contributed by atoms with Gasteiger partial charge in [-0.25, -0.2) is 8.42 Å². The van der Waals surface area contributed by atoms with Crippen molar-refractivity contribution >= 4 is 32.7 Å². The zero-order valence-corrected chi connectivity index (χ0v) is 25.7. The fourth-order valence-electron chi connectivity index (χ4n) is 5.07. The Labute approximate surface area is 236 Å². The molecule has 0 N–H and O–H groups in total. The quantitative estimate of drug-likeness (QED) is 0.0570. The monoisotopic (exact) mass is 631 g/mol. The van der Waals surface area contributed by atoms with Gasteiger partial charge >= 0.3 is 0 Å². The van der Waals surface area contributed by atoms with Crippen LogP contribution in [0.3, 0.4) is 0 Å². The van der Waals surface area contributed by atoms with Crippen LogP contribution in [0.5, 0.6) is 0 Å². The van der Waals surface area contributed by atoms with Crippen molar-refractivity contribution in [3.05, 3.63) is 30.3 Å². The zero-order chi connectivity index (χ0) is 26.4. The lowest BCUT2D eigenvalue weighted by Gasteiger charge is -2.40. The van der Waals surface area contributed by atoms with Crippen LogP contribution in [0.1, 0.15) is 116 Å². The molecular formula is C30H50INO3S. The molecule has 0 amide bonds. The lowest BCUT2D eigenvalue weighted by Crippen LogP contribution is -2.52. The van der Waals surface area contributed by atoms with E-state index in [0.29, 0.717) is 0 Å². The van der Waals surface area contributed by atoms with Crippen LogP contribution in [-0.4, -0.2) is 43.6 Å². The van der Waals surface area contributed by atoms with Crippen molar-refractivity contribution in [3.63, 3.8) is 0 Å². The van der Waals surface area contributed by atoms with E-state index in [2.05, 4.69) is 39.4 Å². The van der Waals surface area contributed by atoms with Gasteiger partial charge in [0.25, 0.3) is 0 Å². The minimum atomic E-state index is -4.25. The summed E-state index contributed by atoms with van der Waals surface area (Å²) in [6, 6.07) is 7.19. The number of unbranched alkanes of at least 4 members (excludes halogenated alkanes) is 13. The van der Waals surface area contributed by atoms with Crippen LogP contribution in [-0.2, 0) is 10.1 Å². The number of likely N-dealkylation sites (tertiary alicyclic amines) is 1. The van der Waals surface area contributed by atoms with Gasteiger partial charge < -0.3 is 9.04 Å². The first kappa shape index (κ1) is 33.4. The van der Waals surface area contributed by atoms with Crippen LogP contribution in [0.25, 0.3) is 0 Å². The number of nitrogens with zero attached hydrogens (tertiary/aromatic N) is 1. The third-order valence-electron chi connectivity index (χ3n) is 7.26. The molecule has 0 saturated carbocycles. The van der Waals surface area contributed by atoms with Crippen molar-refractivity contribution in [2.45, 2.75) is 121 Å². The molecular weight excluding hydrogens is 581 g/mol. The van der Waals surface area contributed by atoms with Crippen LogP contribution in [0.2, 0.25) is 0 Å². The summed E-state index contributed by atoms with van der Waals surface area (Å²) in [5.74, 6) is 3.37. The average molecular weight is 632 g/mol. The summed E-state index contributed by atoms with van der Waals surface area (Å²) in [7, 11) is -4.25. The van der Waals surface area contributed by atoms with Gasteiger partial charge in [-0.15, -0.1) is 0 Å². The number of piperidine rings is 1. The number of rotatable bonds is 17. The van der Waals surface area contributed by atoms with E-state index in [1.807, 2.05) is 0 Å². The highest BCUT2D eigenvalue weighted by atomic mass is 127. The van der Waals surface area contributed by atoms with E-state index in [-0.39, 0.29) is 4.90 Å². The fraction of sp³-hybridized carbons (Fsp3) is 0.733. The smallest absolute Gasteiger partial charge is 0.141 e. The van der Waals surface area contributed by atoms with Crippen molar-refractivity contribution in [1.82, 2.24) is 0 Å². The Bertz CT molecular complexity index is 812. The molecule has 0 aliphatic carbocycles. The summed E-state index contributed by atoms with van der Waals surface area (Å²) < 4.78 is 35.2. The second-order valence-electron chi connectivity index (χ2n) is 10.4. The fourth-order valence-corrected chi connectivity index (χ4v) is 5.73. The van der Waals surface area contributed by atoms with Crippen molar-refractivity contribution in [1.29, 1.82) is 0 Å². The molecule has 6 heteroatoms. The Kier molecular flexibility index (Phi) is 19.8. The van der Waals surface area contributed by atoms with Gasteiger partial charge in [0.1, 0.15) is 16.7 Å². The Morgan fingerprint density at radius 3 is 1.67 bits per heavy atom. The summed E-state index contributed by atoms with van der Waals surface area (Å²) in [6.07, 6.45) is 24.6. The standard InChI is InChI=1S/C24H45IN.C6H6O3S/c1-2-3-4-5-6-7-8-9-10-11-12-13-14-16-21-26(24-19-20-25)22-17-15-18-23-26;7-10(8,9)6-4-2-1-3-5-6/h2-18,21-24H2,1H3;1-5H,(H,7,8,9)/q+1;/p-1. The van der Waals surface area contributed by atoms with Crippen LogP contribution in [0.15, 0.2) is 35.2 Å². The highest BCUT2D eigenvalue weighted by molar-refractivity contribution is 14.1. The van der Waals surface area contributed by atoms with Crippen molar-refractivity contribution < 1.29 is 17.5 Å². The molecule has 0 atom stereocenters. The van der Waals surface area contributed by atoms with E-state index in [1.54, 1.807) is 6.07 Å². The molecule has 0 bridgehead atoms. The molecule has 0 aromatic heterocycles. The molecule has 1 fully saturated rings. The normalized spacial score (nSPS) is 14.9. The van der Waals surface area contributed by atoms with Crippen LogP contribution in [0, 0.1) is 9.85 Å². The molecule has 1 aromatic carbocycles. The molecule has 1 heterocycles. The molecule has 0 unspecified atom stereocenters. The number of halogens is 1. The van der Waals surface area contributed by atoms with E-state index < -0.39 is 10.1 Å². The summed E-state index contributed by atoms with van der Waals surface area (Å²) in [4.78, 5) is -0.185. The third kappa shape index (κ3) is 17.0. The second kappa shape index (κ2) is 21.3. The Morgan fingerprint density at radius 2 is 1.25 bits per heavy atom. The van der Waals surface area contributed by atoms with Gasteiger partial charge in [0.2, 0.25) is 0 Å². The SMILES string of the molecule is CCCCCCCCCCCCCCCC[N+]1(CC#CI)CCCCC1.O=S(=O)([O-])c1ccccc1. The van der Waals surface area contributed by atoms with E-state index in [0.717, 1.165) is 6.54 Å². The average Bonchev–Trinajstić information content (AvgIpc) is 2.89. The third-order valence-corrected chi connectivity index (χ3v) is 8.49. The minimum absolute atomic E-state index is 0.185. The summed E-state index contributed by atoms with van der Waals surface area (Å²) >= 11 is 2.20. The molecule has 206 valence electrons. The van der Waals surface area contributed by atoms with Crippen molar-refractivity contribution in [2.24, 2.45) is 0 Å². The van der Waals surface area contributed by atoms with Gasteiger partial charge in [-0.3, -0.25) is 0 Å². The van der Waals surface area contributed by atoms with Crippen molar-refractivity contribution in [2.75, 3.05) is 26.2 Å². The molecule has 36 heavy (non-hydrogen) atoms. The van der Waals surface area contributed by atoms with Crippen LogP contribution in [0.4, 0.5) is 0 Å². The largest absolute Gasteiger partial charge is 0.744 e. The minimum Gasteiger partial charge on any atom is -0.744 e. The molecule has 1 aliphatic heterocycles. The van der Waals surface area contributed by atoms with E-state index in [1.165, 1.54) is 158 Å². The van der Waals surface area contributed by atoms with Crippen LogP contribution >= 0.6 is 22.6 Å². The van der Waals surface area contributed by atoms with Gasteiger partial charge in [-0.1, -0.05) is 102 Å². The summed E-state index contributed by atoms with van der Waals surface area (Å²) in [6.45, 7) is 7.53. The summed E-state index contributed by atoms with van der Waals surface area (Å²) in [5, 5.41) is 0. The number of benzene rings is 1. The Hall–Kier alpha value is -0.620. The highest BCUT2D eigenvalue weighted by Gasteiger charge is 2.28. The van der Waals surface area contributed by atoms with Gasteiger partial charge in [-0.05, 0) is 54.1 Å². The van der Waals surface area contributed by atoms with E-state index in [4.69, 9.17) is 0 Å². The predicted molar refractivity (Wildman–Crippen MR) is 160 cm³/mol. The molecule has 1 aliphatic rings. The number of quaternary nitrogens is 1. The number of hydrogen-bond acceptors (Lipinski definition) is 3. The van der Waals surface area contributed by atoms with Gasteiger partial charge in [0, 0.05) is 22.6 Å². The maximum absolute atomic E-state index is 10.3. The maximum atomic E-state index is 10.3. The number of hydrogen-bond donors (Lipinski definition) is 0.